The molecule has 4 heteroatoms. The van der Waals surface area contributed by atoms with Gasteiger partial charge in [0.1, 0.15) is 11.4 Å². The van der Waals surface area contributed by atoms with Crippen LogP contribution in [0, 0.1) is 11.8 Å². The second-order valence-electron chi connectivity index (χ2n) is 5.40. The molecule has 2 unspecified atom stereocenters. The lowest BCUT2D eigenvalue weighted by atomic mass is 9.80. The predicted octanol–water partition coefficient (Wildman–Crippen LogP) is 1.27. The molecule has 0 saturated heterocycles. The predicted molar refractivity (Wildman–Crippen MR) is 60.7 cm³/mol. The maximum absolute atomic E-state index is 11.8. The molecule has 0 aromatic heterocycles. The minimum atomic E-state index is -0.462. The van der Waals surface area contributed by atoms with Gasteiger partial charge in [0.2, 0.25) is 0 Å². The lowest BCUT2D eigenvalue weighted by Crippen LogP contribution is -2.36. The third-order valence-corrected chi connectivity index (χ3v) is 2.79. The maximum Gasteiger partial charge on any atom is 0.309 e. The Balaban J connectivity index is 2.55. The van der Waals surface area contributed by atoms with Gasteiger partial charge < -0.3 is 10.5 Å². The molecule has 1 saturated carbocycles. The van der Waals surface area contributed by atoms with E-state index in [1.54, 1.807) is 0 Å². The average molecular weight is 227 g/mol. The number of carbonyl (C=O) groups is 2. The van der Waals surface area contributed by atoms with Gasteiger partial charge in [-0.15, -0.1) is 0 Å². The molecule has 1 rings (SSSR count). The van der Waals surface area contributed by atoms with E-state index in [1.807, 2.05) is 20.8 Å². The van der Waals surface area contributed by atoms with Gasteiger partial charge >= 0.3 is 5.97 Å². The van der Waals surface area contributed by atoms with Gasteiger partial charge in [-0.1, -0.05) is 0 Å². The molecule has 0 amide bonds. The Hall–Kier alpha value is -0.900. The number of ether oxygens (including phenoxy) is 1. The van der Waals surface area contributed by atoms with E-state index in [4.69, 9.17) is 10.5 Å². The highest BCUT2D eigenvalue weighted by Crippen LogP contribution is 2.28. The Morgan fingerprint density at radius 2 is 2.12 bits per heavy atom. The summed E-state index contributed by atoms with van der Waals surface area (Å²) in [4.78, 5) is 23.3. The zero-order chi connectivity index (χ0) is 12.3. The first-order valence-electron chi connectivity index (χ1n) is 5.79. The van der Waals surface area contributed by atoms with Crippen LogP contribution in [0.15, 0.2) is 0 Å². The van der Waals surface area contributed by atoms with Crippen LogP contribution in [0.25, 0.3) is 0 Å². The van der Waals surface area contributed by atoms with Crippen LogP contribution in [-0.4, -0.2) is 23.9 Å². The molecule has 2 N–H and O–H groups in total. The van der Waals surface area contributed by atoms with Crippen molar-refractivity contribution in [3.8, 4) is 0 Å². The first-order valence-corrected chi connectivity index (χ1v) is 5.79. The van der Waals surface area contributed by atoms with Gasteiger partial charge in [0.15, 0.2) is 0 Å². The van der Waals surface area contributed by atoms with Crippen molar-refractivity contribution in [2.75, 3.05) is 6.54 Å². The molecular weight excluding hydrogens is 206 g/mol. The Labute approximate surface area is 96.5 Å². The van der Waals surface area contributed by atoms with Crippen LogP contribution in [0.1, 0.15) is 40.0 Å². The van der Waals surface area contributed by atoms with E-state index in [9.17, 15) is 9.59 Å². The van der Waals surface area contributed by atoms with Gasteiger partial charge in [0, 0.05) is 18.9 Å². The second-order valence-corrected chi connectivity index (χ2v) is 5.40. The fourth-order valence-electron chi connectivity index (χ4n) is 1.94. The number of rotatable bonds is 2. The summed E-state index contributed by atoms with van der Waals surface area (Å²) in [6.07, 6.45) is 1.60. The molecule has 0 aliphatic heterocycles. The van der Waals surface area contributed by atoms with Gasteiger partial charge in [0.05, 0.1) is 5.92 Å². The van der Waals surface area contributed by atoms with E-state index in [0.29, 0.717) is 25.8 Å². The summed E-state index contributed by atoms with van der Waals surface area (Å²) in [5.74, 6) is -0.336. The summed E-state index contributed by atoms with van der Waals surface area (Å²) in [6, 6.07) is 0. The molecule has 1 fully saturated rings. The van der Waals surface area contributed by atoms with Crippen LogP contribution >= 0.6 is 0 Å². The van der Waals surface area contributed by atoms with Crippen molar-refractivity contribution >= 4 is 11.8 Å². The first kappa shape index (κ1) is 13.2. The van der Waals surface area contributed by atoms with E-state index in [0.717, 1.165) is 0 Å². The molecule has 92 valence electrons. The molecular formula is C12H21NO3. The minimum absolute atomic E-state index is 0.161. The molecule has 0 spiro atoms. The topological polar surface area (TPSA) is 69.4 Å². The van der Waals surface area contributed by atoms with Crippen LogP contribution in [0.2, 0.25) is 0 Å². The Kier molecular flexibility index (Phi) is 4.08. The molecule has 0 heterocycles. The molecule has 1 aliphatic rings. The third kappa shape index (κ3) is 3.59. The number of hydrogen-bond acceptors (Lipinski definition) is 4. The molecule has 16 heavy (non-hydrogen) atoms. The van der Waals surface area contributed by atoms with Gasteiger partial charge in [-0.2, -0.15) is 0 Å². The largest absolute Gasteiger partial charge is 0.460 e. The first-order chi connectivity index (χ1) is 7.33. The standard InChI is InChI=1S/C12H21NO3/c1-12(2,3)16-11(15)8-4-5-10(14)9(6-8)7-13/h8-9H,4-7,13H2,1-3H3. The number of esters is 1. The van der Waals surface area contributed by atoms with Gasteiger partial charge in [-0.05, 0) is 33.6 Å². The van der Waals surface area contributed by atoms with Crippen molar-refractivity contribution in [1.82, 2.24) is 0 Å². The summed E-state index contributed by atoms with van der Waals surface area (Å²) >= 11 is 0. The number of ketones is 1. The second kappa shape index (κ2) is 4.95. The van der Waals surface area contributed by atoms with Gasteiger partial charge in [-0.25, -0.2) is 0 Å². The van der Waals surface area contributed by atoms with Crippen LogP contribution in [0.5, 0.6) is 0 Å². The number of carbonyl (C=O) groups excluding carboxylic acids is 2. The van der Waals surface area contributed by atoms with Crippen LogP contribution < -0.4 is 5.73 Å². The lowest BCUT2D eigenvalue weighted by molar-refractivity contribution is -0.162. The zero-order valence-corrected chi connectivity index (χ0v) is 10.3. The van der Waals surface area contributed by atoms with Crippen molar-refractivity contribution in [1.29, 1.82) is 0 Å². The Bertz CT molecular complexity index is 280. The normalized spacial score (nSPS) is 26.6. The Morgan fingerprint density at radius 1 is 1.50 bits per heavy atom. The van der Waals surface area contributed by atoms with Crippen molar-refractivity contribution < 1.29 is 14.3 Å². The van der Waals surface area contributed by atoms with E-state index < -0.39 is 5.60 Å². The number of Topliss-reactive ketones (excluding diaryl/α,β-unsaturated/α-hetero) is 1. The van der Waals surface area contributed by atoms with E-state index >= 15 is 0 Å². The van der Waals surface area contributed by atoms with Crippen LogP contribution in [-0.2, 0) is 14.3 Å². The molecule has 0 aromatic rings. The molecule has 2 atom stereocenters. The number of nitrogens with two attached hydrogens (primary N) is 1. The SMILES string of the molecule is CC(C)(C)OC(=O)C1CCC(=O)C(CN)C1. The lowest BCUT2D eigenvalue weighted by Gasteiger charge is -2.29. The van der Waals surface area contributed by atoms with Crippen molar-refractivity contribution in [2.24, 2.45) is 17.6 Å². The van der Waals surface area contributed by atoms with E-state index in [-0.39, 0.29) is 23.6 Å². The average Bonchev–Trinajstić information content (AvgIpc) is 2.15. The van der Waals surface area contributed by atoms with Crippen molar-refractivity contribution in [3.05, 3.63) is 0 Å². The summed E-state index contributed by atoms with van der Waals surface area (Å²) in [7, 11) is 0. The zero-order valence-electron chi connectivity index (χ0n) is 10.3. The summed E-state index contributed by atoms with van der Waals surface area (Å²) < 4.78 is 5.31. The third-order valence-electron chi connectivity index (χ3n) is 2.79. The minimum Gasteiger partial charge on any atom is -0.460 e. The highest BCUT2D eigenvalue weighted by molar-refractivity contribution is 5.84. The highest BCUT2D eigenvalue weighted by Gasteiger charge is 2.34. The highest BCUT2D eigenvalue weighted by atomic mass is 16.6. The van der Waals surface area contributed by atoms with Gasteiger partial charge in [0.25, 0.3) is 0 Å². The summed E-state index contributed by atoms with van der Waals surface area (Å²) in [5.41, 5.74) is 5.05. The number of hydrogen-bond donors (Lipinski definition) is 1. The molecule has 0 radical (unpaired) electrons. The molecule has 1 aliphatic carbocycles. The maximum atomic E-state index is 11.8. The van der Waals surface area contributed by atoms with Crippen LogP contribution in [0.3, 0.4) is 0 Å². The molecule has 0 bridgehead atoms. The quantitative estimate of drug-likeness (QED) is 0.721. The molecule has 4 nitrogen and oxygen atoms in total. The van der Waals surface area contributed by atoms with E-state index in [1.165, 1.54) is 0 Å². The van der Waals surface area contributed by atoms with Crippen molar-refractivity contribution in [2.45, 2.75) is 45.6 Å². The van der Waals surface area contributed by atoms with Gasteiger partial charge in [-0.3, -0.25) is 9.59 Å². The monoisotopic (exact) mass is 227 g/mol. The van der Waals surface area contributed by atoms with E-state index in [2.05, 4.69) is 0 Å². The Morgan fingerprint density at radius 3 is 2.62 bits per heavy atom. The molecule has 0 aromatic carbocycles. The van der Waals surface area contributed by atoms with Crippen LogP contribution in [0.4, 0.5) is 0 Å². The summed E-state index contributed by atoms with van der Waals surface area (Å²) in [6.45, 7) is 5.87. The smallest absolute Gasteiger partial charge is 0.309 e. The summed E-state index contributed by atoms with van der Waals surface area (Å²) in [5, 5.41) is 0. The fourth-order valence-corrected chi connectivity index (χ4v) is 1.94. The fraction of sp³-hybridized carbons (Fsp3) is 0.833. The van der Waals surface area contributed by atoms with Crippen molar-refractivity contribution in [3.63, 3.8) is 0 Å².